The van der Waals surface area contributed by atoms with E-state index in [1.807, 2.05) is 0 Å². The topological polar surface area (TPSA) is 48.4 Å². The van der Waals surface area contributed by atoms with Gasteiger partial charge in [0.05, 0.1) is 13.2 Å². The molecule has 0 saturated heterocycles. The van der Waals surface area contributed by atoms with Crippen molar-refractivity contribution in [2.75, 3.05) is 13.2 Å². The number of hydrogen-bond donors (Lipinski definition) is 0. The van der Waals surface area contributed by atoms with Gasteiger partial charge in [0.15, 0.2) is 11.3 Å². The van der Waals surface area contributed by atoms with Gasteiger partial charge in [-0.05, 0) is 32.4 Å². The van der Waals surface area contributed by atoms with E-state index in [2.05, 4.69) is 4.98 Å². The summed E-state index contributed by atoms with van der Waals surface area (Å²) in [6, 6.07) is 1.26. The van der Waals surface area contributed by atoms with Gasteiger partial charge in [-0.15, -0.1) is 0 Å². The minimum atomic E-state index is -3.62. The Hall–Kier alpha value is -0.770. The third-order valence-corrected chi connectivity index (χ3v) is 3.86. The molecule has 0 aliphatic rings. The second-order valence-electron chi connectivity index (χ2n) is 3.15. The fourth-order valence-electron chi connectivity index (χ4n) is 1.23. The van der Waals surface area contributed by atoms with Crippen LogP contribution in [0.1, 0.15) is 19.4 Å². The van der Waals surface area contributed by atoms with Crippen LogP contribution in [0.4, 0.5) is 4.39 Å². The summed E-state index contributed by atoms with van der Waals surface area (Å²) in [6.07, 6.45) is 1.43. The lowest BCUT2D eigenvalue weighted by atomic mass is 10.3. The normalized spacial score (nSPS) is 11.8. The first-order valence-corrected chi connectivity index (χ1v) is 6.59. The zero-order chi connectivity index (χ0) is 12.2. The smallest absolute Gasteiger partial charge is 0.304 e. The highest BCUT2D eigenvalue weighted by atomic mass is 31.2. The molecule has 90 valence electrons. The zero-order valence-electron chi connectivity index (χ0n) is 9.57. The van der Waals surface area contributed by atoms with Crippen LogP contribution in [0.5, 0.6) is 0 Å². The molecular formula is C10H15FNO3P. The predicted octanol–water partition coefficient (Wildman–Crippen LogP) is 2.42. The summed E-state index contributed by atoms with van der Waals surface area (Å²) in [5.41, 5.74) is 0.405. The highest BCUT2D eigenvalue weighted by molar-refractivity contribution is 7.61. The molecular weight excluding hydrogens is 232 g/mol. The van der Waals surface area contributed by atoms with Crippen molar-refractivity contribution in [3.05, 3.63) is 23.6 Å². The van der Waals surface area contributed by atoms with Crippen molar-refractivity contribution in [3.8, 4) is 0 Å². The third-order valence-electron chi connectivity index (χ3n) is 1.82. The van der Waals surface area contributed by atoms with Crippen molar-refractivity contribution >= 4 is 13.0 Å². The minimum absolute atomic E-state index is 0.173. The van der Waals surface area contributed by atoms with Crippen molar-refractivity contribution in [2.24, 2.45) is 0 Å². The summed E-state index contributed by atoms with van der Waals surface area (Å²) >= 11 is 0. The number of aryl methyl sites for hydroxylation is 1. The molecule has 0 aromatic carbocycles. The van der Waals surface area contributed by atoms with E-state index < -0.39 is 13.4 Å². The molecule has 0 unspecified atom stereocenters. The molecule has 0 radical (unpaired) electrons. The van der Waals surface area contributed by atoms with Crippen LogP contribution in [0.3, 0.4) is 0 Å². The monoisotopic (exact) mass is 247 g/mol. The third kappa shape index (κ3) is 2.88. The summed E-state index contributed by atoms with van der Waals surface area (Å²) in [6.45, 7) is 5.38. The number of aromatic nitrogens is 1. The second-order valence-corrected chi connectivity index (χ2v) is 5.09. The SMILES string of the molecule is CCOP(=O)(OCC)c1ncc(C)cc1F. The van der Waals surface area contributed by atoms with Gasteiger partial charge in [-0.1, -0.05) is 0 Å². The number of halogens is 1. The molecule has 16 heavy (non-hydrogen) atoms. The molecule has 0 saturated carbocycles. The van der Waals surface area contributed by atoms with Crippen LogP contribution in [0.2, 0.25) is 0 Å². The zero-order valence-corrected chi connectivity index (χ0v) is 10.5. The van der Waals surface area contributed by atoms with E-state index in [-0.39, 0.29) is 18.6 Å². The lowest BCUT2D eigenvalue weighted by molar-refractivity contribution is 0.228. The van der Waals surface area contributed by atoms with Gasteiger partial charge >= 0.3 is 7.60 Å². The van der Waals surface area contributed by atoms with E-state index >= 15 is 0 Å². The lowest BCUT2D eigenvalue weighted by Gasteiger charge is -2.16. The molecule has 1 aromatic heterocycles. The molecule has 0 amide bonds. The maximum Gasteiger partial charge on any atom is 0.382 e. The van der Waals surface area contributed by atoms with Gasteiger partial charge < -0.3 is 9.05 Å². The molecule has 0 spiro atoms. The van der Waals surface area contributed by atoms with Crippen LogP contribution in [0.25, 0.3) is 0 Å². The second kappa shape index (κ2) is 5.53. The van der Waals surface area contributed by atoms with E-state index in [4.69, 9.17) is 9.05 Å². The quantitative estimate of drug-likeness (QED) is 0.750. The van der Waals surface area contributed by atoms with Crippen LogP contribution in [0, 0.1) is 12.7 Å². The van der Waals surface area contributed by atoms with E-state index in [1.54, 1.807) is 20.8 Å². The molecule has 0 aliphatic heterocycles. The van der Waals surface area contributed by atoms with Crippen LogP contribution in [-0.2, 0) is 13.6 Å². The summed E-state index contributed by atoms with van der Waals surface area (Å²) in [5, 5.41) is 0. The van der Waals surface area contributed by atoms with Crippen LogP contribution in [0.15, 0.2) is 12.3 Å². The largest absolute Gasteiger partial charge is 0.382 e. The average Bonchev–Trinajstić information content (AvgIpc) is 2.17. The first kappa shape index (κ1) is 13.3. The number of pyridine rings is 1. The van der Waals surface area contributed by atoms with Gasteiger partial charge in [0, 0.05) is 6.20 Å². The fraction of sp³-hybridized carbons (Fsp3) is 0.500. The van der Waals surface area contributed by atoms with Crippen LogP contribution < -0.4 is 5.44 Å². The van der Waals surface area contributed by atoms with Gasteiger partial charge in [-0.2, -0.15) is 0 Å². The highest BCUT2D eigenvalue weighted by Crippen LogP contribution is 2.46. The first-order valence-electron chi connectivity index (χ1n) is 5.05. The Morgan fingerprint density at radius 1 is 1.38 bits per heavy atom. The summed E-state index contributed by atoms with van der Waals surface area (Å²) in [5.74, 6) is -0.662. The Morgan fingerprint density at radius 3 is 2.38 bits per heavy atom. The van der Waals surface area contributed by atoms with Crippen LogP contribution in [-0.4, -0.2) is 18.2 Å². The number of hydrogen-bond acceptors (Lipinski definition) is 4. The van der Waals surface area contributed by atoms with Crippen molar-refractivity contribution in [2.45, 2.75) is 20.8 Å². The van der Waals surface area contributed by atoms with Crippen molar-refractivity contribution in [3.63, 3.8) is 0 Å². The Kier molecular flexibility index (Phi) is 4.59. The van der Waals surface area contributed by atoms with Gasteiger partial charge in [-0.3, -0.25) is 4.57 Å². The maximum absolute atomic E-state index is 13.6. The molecule has 1 aromatic rings. The Labute approximate surface area is 94.3 Å². The van der Waals surface area contributed by atoms with Crippen molar-refractivity contribution in [1.82, 2.24) is 4.98 Å². The molecule has 0 atom stereocenters. The molecule has 1 heterocycles. The maximum atomic E-state index is 13.6. The Balaban J connectivity index is 3.15. The number of nitrogens with zero attached hydrogens (tertiary/aromatic N) is 1. The standard InChI is InChI=1S/C10H15FNO3P/c1-4-14-16(13,15-5-2)10-9(11)6-8(3)7-12-10/h6-7H,4-5H2,1-3H3. The van der Waals surface area contributed by atoms with Gasteiger partial charge in [0.2, 0.25) is 0 Å². The van der Waals surface area contributed by atoms with Crippen molar-refractivity contribution < 1.29 is 18.0 Å². The van der Waals surface area contributed by atoms with Crippen molar-refractivity contribution in [1.29, 1.82) is 0 Å². The van der Waals surface area contributed by atoms with Gasteiger partial charge in [0.25, 0.3) is 0 Å². The summed E-state index contributed by atoms with van der Waals surface area (Å²) < 4.78 is 35.8. The fourth-order valence-corrected chi connectivity index (χ4v) is 2.75. The summed E-state index contributed by atoms with van der Waals surface area (Å²) in [4.78, 5) is 3.80. The highest BCUT2D eigenvalue weighted by Gasteiger charge is 2.31. The Bertz CT molecular complexity index is 401. The molecule has 6 heteroatoms. The Morgan fingerprint density at radius 2 is 1.94 bits per heavy atom. The average molecular weight is 247 g/mol. The molecule has 0 bridgehead atoms. The molecule has 1 rings (SSSR count). The molecule has 4 nitrogen and oxygen atoms in total. The molecule has 0 fully saturated rings. The molecule has 0 N–H and O–H groups in total. The lowest BCUT2D eigenvalue weighted by Crippen LogP contribution is -2.18. The van der Waals surface area contributed by atoms with Gasteiger partial charge in [-0.25, -0.2) is 9.37 Å². The molecule has 0 aliphatic carbocycles. The summed E-state index contributed by atoms with van der Waals surface area (Å²) in [7, 11) is -3.62. The predicted molar refractivity (Wildman–Crippen MR) is 59.4 cm³/mol. The van der Waals surface area contributed by atoms with E-state index in [1.165, 1.54) is 12.3 Å². The number of rotatable bonds is 5. The van der Waals surface area contributed by atoms with E-state index in [0.717, 1.165) is 0 Å². The van der Waals surface area contributed by atoms with E-state index in [9.17, 15) is 8.96 Å². The van der Waals surface area contributed by atoms with E-state index in [0.29, 0.717) is 5.56 Å². The minimum Gasteiger partial charge on any atom is -0.304 e. The van der Waals surface area contributed by atoms with Crippen LogP contribution >= 0.6 is 7.60 Å². The first-order chi connectivity index (χ1) is 7.53. The van der Waals surface area contributed by atoms with Gasteiger partial charge in [0.1, 0.15) is 0 Å².